The van der Waals surface area contributed by atoms with Gasteiger partial charge in [-0.2, -0.15) is 11.8 Å². The summed E-state index contributed by atoms with van der Waals surface area (Å²) in [6, 6.07) is 0.815. The molecule has 1 unspecified atom stereocenters. The number of furan rings is 1. The SMILES string of the molecule is CCSCCC(C)NS(=O)(=O)c1cc(C(=O)O)oc1C. The highest BCUT2D eigenvalue weighted by Crippen LogP contribution is 2.20. The van der Waals surface area contributed by atoms with Crippen LogP contribution in [0.3, 0.4) is 0 Å². The molecule has 20 heavy (non-hydrogen) atoms. The van der Waals surface area contributed by atoms with Gasteiger partial charge in [-0.1, -0.05) is 6.92 Å². The first-order valence-corrected chi connectivity index (χ1v) is 8.85. The van der Waals surface area contributed by atoms with E-state index in [2.05, 4.69) is 4.72 Å². The normalized spacial score (nSPS) is 13.3. The van der Waals surface area contributed by atoms with Gasteiger partial charge in [0.1, 0.15) is 10.7 Å². The molecule has 0 fully saturated rings. The first-order valence-electron chi connectivity index (χ1n) is 6.21. The highest BCUT2D eigenvalue weighted by atomic mass is 32.2. The zero-order chi connectivity index (χ0) is 15.3. The van der Waals surface area contributed by atoms with E-state index >= 15 is 0 Å². The Morgan fingerprint density at radius 2 is 2.20 bits per heavy atom. The molecule has 0 aliphatic heterocycles. The predicted octanol–water partition coefficient (Wildman–Crippen LogP) is 2.10. The Hall–Kier alpha value is -0.990. The Balaban J connectivity index is 2.81. The number of carboxylic acid groups (broad SMARTS) is 1. The Bertz CT molecular complexity index is 564. The number of carboxylic acids is 1. The summed E-state index contributed by atoms with van der Waals surface area (Å²) in [6.45, 7) is 5.25. The first kappa shape index (κ1) is 17.1. The molecular formula is C12H19NO5S2. The minimum absolute atomic E-state index is 0.0741. The van der Waals surface area contributed by atoms with Crippen molar-refractivity contribution in [2.45, 2.75) is 38.1 Å². The van der Waals surface area contributed by atoms with Crippen LogP contribution in [-0.2, 0) is 10.0 Å². The fraction of sp³-hybridized carbons (Fsp3) is 0.583. The molecule has 1 atom stereocenters. The Labute approximate surface area is 123 Å². The molecule has 114 valence electrons. The fourth-order valence-electron chi connectivity index (χ4n) is 1.63. The number of nitrogens with one attached hydrogen (secondary N) is 1. The summed E-state index contributed by atoms with van der Waals surface area (Å²) in [5.41, 5.74) is 0. The number of sulfonamides is 1. The highest BCUT2D eigenvalue weighted by molar-refractivity contribution is 7.99. The molecule has 2 N–H and O–H groups in total. The number of aromatic carboxylic acids is 1. The largest absolute Gasteiger partial charge is 0.475 e. The predicted molar refractivity (Wildman–Crippen MR) is 77.8 cm³/mol. The van der Waals surface area contributed by atoms with E-state index in [1.807, 2.05) is 6.92 Å². The van der Waals surface area contributed by atoms with Crippen LogP contribution < -0.4 is 4.72 Å². The van der Waals surface area contributed by atoms with Gasteiger partial charge < -0.3 is 9.52 Å². The molecule has 0 aliphatic rings. The van der Waals surface area contributed by atoms with Gasteiger partial charge in [-0.05, 0) is 31.8 Å². The summed E-state index contributed by atoms with van der Waals surface area (Å²) in [4.78, 5) is 10.7. The first-order chi connectivity index (χ1) is 9.27. The van der Waals surface area contributed by atoms with Crippen molar-refractivity contribution in [3.05, 3.63) is 17.6 Å². The summed E-state index contributed by atoms with van der Waals surface area (Å²) < 4.78 is 31.8. The van der Waals surface area contributed by atoms with Gasteiger partial charge in [-0.3, -0.25) is 0 Å². The maximum absolute atomic E-state index is 12.2. The van der Waals surface area contributed by atoms with Crippen LogP contribution in [0.15, 0.2) is 15.4 Å². The van der Waals surface area contributed by atoms with Gasteiger partial charge in [-0.25, -0.2) is 17.9 Å². The van der Waals surface area contributed by atoms with E-state index in [9.17, 15) is 13.2 Å². The maximum Gasteiger partial charge on any atom is 0.371 e. The quantitative estimate of drug-likeness (QED) is 0.712. The van der Waals surface area contributed by atoms with Gasteiger partial charge in [0.2, 0.25) is 15.8 Å². The minimum Gasteiger partial charge on any atom is -0.475 e. The third-order valence-electron chi connectivity index (χ3n) is 2.63. The Morgan fingerprint density at radius 1 is 1.55 bits per heavy atom. The van der Waals surface area contributed by atoms with Gasteiger partial charge in [0.15, 0.2) is 0 Å². The van der Waals surface area contributed by atoms with Gasteiger partial charge in [0, 0.05) is 12.1 Å². The van der Waals surface area contributed by atoms with Crippen LogP contribution in [0.2, 0.25) is 0 Å². The molecular weight excluding hydrogens is 302 g/mol. The fourth-order valence-corrected chi connectivity index (χ4v) is 3.90. The molecule has 6 nitrogen and oxygen atoms in total. The van der Waals surface area contributed by atoms with Crippen molar-refractivity contribution in [3.63, 3.8) is 0 Å². The zero-order valence-electron chi connectivity index (χ0n) is 11.7. The third-order valence-corrected chi connectivity index (χ3v) is 5.26. The number of carbonyl (C=O) groups is 1. The molecule has 0 radical (unpaired) electrons. The molecule has 0 aliphatic carbocycles. The molecule has 1 aromatic heterocycles. The lowest BCUT2D eigenvalue weighted by molar-refractivity contribution is 0.0661. The highest BCUT2D eigenvalue weighted by Gasteiger charge is 2.25. The van der Waals surface area contributed by atoms with Crippen molar-refractivity contribution in [2.75, 3.05) is 11.5 Å². The monoisotopic (exact) mass is 321 g/mol. The average Bonchev–Trinajstić information content (AvgIpc) is 2.72. The van der Waals surface area contributed by atoms with Gasteiger partial charge in [0.25, 0.3) is 0 Å². The van der Waals surface area contributed by atoms with E-state index in [1.54, 1.807) is 18.7 Å². The molecule has 0 saturated heterocycles. The van der Waals surface area contributed by atoms with Crippen molar-refractivity contribution in [3.8, 4) is 0 Å². The lowest BCUT2D eigenvalue weighted by Crippen LogP contribution is -2.33. The van der Waals surface area contributed by atoms with E-state index in [1.165, 1.54) is 6.92 Å². The zero-order valence-corrected chi connectivity index (χ0v) is 13.3. The van der Waals surface area contributed by atoms with E-state index < -0.39 is 16.0 Å². The summed E-state index contributed by atoms with van der Waals surface area (Å²) >= 11 is 1.74. The molecule has 1 heterocycles. The molecule has 1 aromatic rings. The van der Waals surface area contributed by atoms with Crippen molar-refractivity contribution < 1.29 is 22.7 Å². The second-order valence-corrected chi connectivity index (χ2v) is 7.42. The van der Waals surface area contributed by atoms with Crippen LogP contribution in [0.1, 0.15) is 36.6 Å². The topological polar surface area (TPSA) is 96.6 Å². The number of rotatable bonds is 8. The van der Waals surface area contributed by atoms with Crippen molar-refractivity contribution in [2.24, 2.45) is 0 Å². The number of hydrogen-bond acceptors (Lipinski definition) is 5. The smallest absolute Gasteiger partial charge is 0.371 e. The molecule has 0 bridgehead atoms. The number of hydrogen-bond donors (Lipinski definition) is 2. The maximum atomic E-state index is 12.2. The average molecular weight is 321 g/mol. The number of thioether (sulfide) groups is 1. The molecule has 0 spiro atoms. The second kappa shape index (κ2) is 7.14. The van der Waals surface area contributed by atoms with Gasteiger partial charge in [0.05, 0.1) is 0 Å². The van der Waals surface area contributed by atoms with E-state index in [0.717, 1.165) is 17.6 Å². The molecule has 0 amide bonds. The van der Waals surface area contributed by atoms with E-state index in [4.69, 9.17) is 9.52 Å². The number of aryl methyl sites for hydroxylation is 1. The van der Waals surface area contributed by atoms with Crippen LogP contribution in [0.4, 0.5) is 0 Å². The van der Waals surface area contributed by atoms with Crippen molar-refractivity contribution in [1.29, 1.82) is 0 Å². The third kappa shape index (κ3) is 4.53. The van der Waals surface area contributed by atoms with E-state index in [0.29, 0.717) is 6.42 Å². The van der Waals surface area contributed by atoms with Crippen molar-refractivity contribution >= 4 is 27.8 Å². The molecule has 8 heteroatoms. The Morgan fingerprint density at radius 3 is 2.70 bits per heavy atom. The van der Waals surface area contributed by atoms with Crippen LogP contribution in [0.5, 0.6) is 0 Å². The van der Waals surface area contributed by atoms with Crippen LogP contribution >= 0.6 is 11.8 Å². The standard InChI is InChI=1S/C12H19NO5S2/c1-4-19-6-5-8(2)13-20(16,17)11-7-10(12(14)15)18-9(11)3/h7-8,13H,4-6H2,1-3H3,(H,14,15). The van der Waals surface area contributed by atoms with Crippen LogP contribution in [-0.4, -0.2) is 37.0 Å². The van der Waals surface area contributed by atoms with Crippen LogP contribution in [0.25, 0.3) is 0 Å². The van der Waals surface area contributed by atoms with Gasteiger partial charge in [-0.15, -0.1) is 0 Å². The van der Waals surface area contributed by atoms with Gasteiger partial charge >= 0.3 is 5.97 Å². The Kier molecular flexibility index (Phi) is 6.09. The summed E-state index contributed by atoms with van der Waals surface area (Å²) in [5, 5.41) is 8.80. The van der Waals surface area contributed by atoms with Crippen LogP contribution in [0, 0.1) is 6.92 Å². The van der Waals surface area contributed by atoms with Crippen molar-refractivity contribution in [1.82, 2.24) is 4.72 Å². The summed E-state index contributed by atoms with van der Waals surface area (Å²) in [7, 11) is -3.76. The minimum atomic E-state index is -3.76. The second-order valence-electron chi connectivity index (χ2n) is 4.34. The molecule has 1 rings (SSSR count). The van der Waals surface area contributed by atoms with E-state index in [-0.39, 0.29) is 22.5 Å². The molecule has 0 saturated carbocycles. The summed E-state index contributed by atoms with van der Waals surface area (Å²) in [6.07, 6.45) is 0.709. The summed E-state index contributed by atoms with van der Waals surface area (Å²) in [5.74, 6) is 0.261. The molecule has 0 aromatic carbocycles. The lowest BCUT2D eigenvalue weighted by atomic mass is 10.3. The lowest BCUT2D eigenvalue weighted by Gasteiger charge is -2.13.